The predicted molar refractivity (Wildman–Crippen MR) is 243 cm³/mol. The Balaban J connectivity index is 1.83. The molecule has 64 heavy (non-hydrogen) atoms. The maximum absolute atomic E-state index is 13.0. The zero-order valence-electron chi connectivity index (χ0n) is 39.3. The number of unbranched alkanes of at least 4 members (excludes halogenated alkanes) is 20. The van der Waals surface area contributed by atoms with Gasteiger partial charge in [0.25, 0.3) is 0 Å². The highest BCUT2D eigenvalue weighted by molar-refractivity contribution is 5.70. The van der Waals surface area contributed by atoms with Crippen LogP contribution in [-0.4, -0.2) is 142 Å². The van der Waals surface area contributed by atoms with Gasteiger partial charge in [-0.3, -0.25) is 9.59 Å². The molecule has 0 radical (unpaired) electrons. The van der Waals surface area contributed by atoms with E-state index in [2.05, 4.69) is 38.2 Å². The summed E-state index contributed by atoms with van der Waals surface area (Å²) in [5.74, 6) is -0.951. The maximum Gasteiger partial charge on any atom is 0.306 e. The van der Waals surface area contributed by atoms with Gasteiger partial charge in [0.1, 0.15) is 55.4 Å². The number of carbonyl (C=O) groups excluding carboxylic acids is 2. The molecule has 15 nitrogen and oxygen atoms in total. The fourth-order valence-electron chi connectivity index (χ4n) is 7.73. The lowest BCUT2D eigenvalue weighted by Crippen LogP contribution is -2.61. The van der Waals surface area contributed by atoms with Crippen LogP contribution in [0.1, 0.15) is 181 Å². The molecule has 2 rings (SSSR count). The molecule has 0 saturated carbocycles. The Morgan fingerprint density at radius 1 is 0.484 bits per heavy atom. The molecular formula is C49H88O15. The number of allylic oxidation sites excluding steroid dienone is 4. The van der Waals surface area contributed by atoms with Gasteiger partial charge in [-0.2, -0.15) is 0 Å². The van der Waals surface area contributed by atoms with Crippen LogP contribution in [0.25, 0.3) is 0 Å². The van der Waals surface area contributed by atoms with E-state index in [-0.39, 0.29) is 26.1 Å². The van der Waals surface area contributed by atoms with E-state index in [0.717, 1.165) is 64.2 Å². The molecule has 4 unspecified atom stereocenters. The summed E-state index contributed by atoms with van der Waals surface area (Å²) in [7, 11) is 0. The minimum absolute atomic E-state index is 0.153. The van der Waals surface area contributed by atoms with Crippen LogP contribution in [0.3, 0.4) is 0 Å². The Kier molecular flexibility index (Phi) is 33.6. The van der Waals surface area contributed by atoms with Crippen LogP contribution >= 0.6 is 0 Å². The molecule has 0 aromatic rings. The summed E-state index contributed by atoms with van der Waals surface area (Å²) in [6, 6.07) is 0. The number of esters is 2. The zero-order valence-corrected chi connectivity index (χ0v) is 39.3. The molecule has 374 valence electrons. The molecule has 11 atom stereocenters. The lowest BCUT2D eigenvalue weighted by atomic mass is 9.98. The molecule has 0 aliphatic carbocycles. The number of carbonyl (C=O) groups is 2. The van der Waals surface area contributed by atoms with Gasteiger partial charge < -0.3 is 64.2 Å². The maximum atomic E-state index is 13.0. The monoisotopic (exact) mass is 917 g/mol. The highest BCUT2D eigenvalue weighted by atomic mass is 16.7. The summed E-state index contributed by atoms with van der Waals surface area (Å²) in [5, 5.41) is 72.0. The van der Waals surface area contributed by atoms with Crippen molar-refractivity contribution in [2.45, 2.75) is 248 Å². The van der Waals surface area contributed by atoms with E-state index in [1.807, 2.05) is 0 Å². The van der Waals surface area contributed by atoms with Gasteiger partial charge in [-0.05, 0) is 64.2 Å². The Bertz CT molecular complexity index is 1220. The second-order valence-corrected chi connectivity index (χ2v) is 17.6. The van der Waals surface area contributed by atoms with E-state index in [1.54, 1.807) is 0 Å². The van der Waals surface area contributed by atoms with Crippen molar-refractivity contribution in [1.82, 2.24) is 0 Å². The molecule has 0 aromatic heterocycles. The quantitative estimate of drug-likeness (QED) is 0.0203. The van der Waals surface area contributed by atoms with Gasteiger partial charge in [0.05, 0.1) is 19.8 Å². The van der Waals surface area contributed by atoms with E-state index >= 15 is 0 Å². The number of aliphatic hydroxyl groups excluding tert-OH is 7. The average Bonchev–Trinajstić information content (AvgIpc) is 3.29. The zero-order chi connectivity index (χ0) is 46.8. The Hall–Kier alpha value is -2.02. The Morgan fingerprint density at radius 2 is 0.891 bits per heavy atom. The van der Waals surface area contributed by atoms with E-state index < -0.39 is 92.7 Å². The summed E-state index contributed by atoms with van der Waals surface area (Å²) in [6.45, 7) is 2.54. The van der Waals surface area contributed by atoms with Crippen molar-refractivity contribution in [3.8, 4) is 0 Å². The molecule has 2 fully saturated rings. The van der Waals surface area contributed by atoms with Gasteiger partial charge in [-0.25, -0.2) is 0 Å². The number of hydrogen-bond acceptors (Lipinski definition) is 15. The molecule has 2 saturated heterocycles. The van der Waals surface area contributed by atoms with Crippen molar-refractivity contribution >= 4 is 11.9 Å². The largest absolute Gasteiger partial charge is 0.462 e. The first-order valence-corrected chi connectivity index (χ1v) is 24.9. The van der Waals surface area contributed by atoms with Crippen LogP contribution in [0.15, 0.2) is 24.3 Å². The third kappa shape index (κ3) is 25.2. The first kappa shape index (κ1) is 58.1. The van der Waals surface area contributed by atoms with Crippen LogP contribution in [0, 0.1) is 0 Å². The molecule has 2 aliphatic rings. The van der Waals surface area contributed by atoms with Gasteiger partial charge in [0.2, 0.25) is 0 Å². The number of aliphatic hydroxyl groups is 7. The van der Waals surface area contributed by atoms with Gasteiger partial charge >= 0.3 is 11.9 Å². The third-order valence-corrected chi connectivity index (χ3v) is 11.9. The number of ether oxygens (including phenoxy) is 6. The topological polar surface area (TPSA) is 231 Å². The first-order valence-electron chi connectivity index (χ1n) is 24.9. The van der Waals surface area contributed by atoms with Crippen molar-refractivity contribution < 1.29 is 73.8 Å². The van der Waals surface area contributed by atoms with Crippen LogP contribution in [0.5, 0.6) is 0 Å². The smallest absolute Gasteiger partial charge is 0.306 e. The first-order chi connectivity index (χ1) is 31.0. The highest BCUT2D eigenvalue weighted by Gasteiger charge is 2.47. The number of rotatable bonds is 38. The number of hydrogen-bond donors (Lipinski definition) is 7. The molecule has 2 aliphatic heterocycles. The molecule has 0 spiro atoms. The molecule has 7 N–H and O–H groups in total. The molecule has 15 heteroatoms. The van der Waals surface area contributed by atoms with Crippen molar-refractivity contribution in [3.05, 3.63) is 24.3 Å². The summed E-state index contributed by atoms with van der Waals surface area (Å²) in [5.41, 5.74) is 0. The van der Waals surface area contributed by atoms with Gasteiger partial charge in [0, 0.05) is 12.8 Å². The summed E-state index contributed by atoms with van der Waals surface area (Å²) in [4.78, 5) is 25.7. The van der Waals surface area contributed by atoms with Crippen LogP contribution in [0.4, 0.5) is 0 Å². The van der Waals surface area contributed by atoms with Crippen molar-refractivity contribution in [1.29, 1.82) is 0 Å². The van der Waals surface area contributed by atoms with Crippen LogP contribution < -0.4 is 0 Å². The van der Waals surface area contributed by atoms with E-state index in [0.29, 0.717) is 12.8 Å². The van der Waals surface area contributed by atoms with Gasteiger partial charge in [0.15, 0.2) is 18.7 Å². The van der Waals surface area contributed by atoms with Crippen molar-refractivity contribution in [2.75, 3.05) is 26.4 Å². The molecule has 0 bridgehead atoms. The van der Waals surface area contributed by atoms with Crippen LogP contribution in [0.2, 0.25) is 0 Å². The van der Waals surface area contributed by atoms with Gasteiger partial charge in [-0.15, -0.1) is 0 Å². The Labute approximate surface area is 383 Å². The van der Waals surface area contributed by atoms with Crippen molar-refractivity contribution in [3.63, 3.8) is 0 Å². The van der Waals surface area contributed by atoms with Crippen LogP contribution in [-0.2, 0) is 38.0 Å². The highest BCUT2D eigenvalue weighted by Crippen LogP contribution is 2.26. The molecule has 0 amide bonds. The van der Waals surface area contributed by atoms with E-state index in [9.17, 15) is 45.3 Å². The summed E-state index contributed by atoms with van der Waals surface area (Å²) in [6.07, 6.45) is 19.3. The Morgan fingerprint density at radius 3 is 1.41 bits per heavy atom. The second-order valence-electron chi connectivity index (χ2n) is 17.6. The minimum Gasteiger partial charge on any atom is -0.462 e. The average molecular weight is 917 g/mol. The third-order valence-electron chi connectivity index (χ3n) is 11.9. The van der Waals surface area contributed by atoms with Crippen molar-refractivity contribution in [2.24, 2.45) is 0 Å². The van der Waals surface area contributed by atoms with E-state index in [1.165, 1.54) is 77.0 Å². The molecule has 0 aromatic carbocycles. The lowest BCUT2D eigenvalue weighted by Gasteiger charge is -2.42. The fourth-order valence-corrected chi connectivity index (χ4v) is 7.73. The minimum atomic E-state index is -1.77. The predicted octanol–water partition coefficient (Wildman–Crippen LogP) is 6.38. The normalized spacial score (nSPS) is 26.8. The fraction of sp³-hybridized carbons (Fsp3) is 0.878. The summed E-state index contributed by atoms with van der Waals surface area (Å²) >= 11 is 0. The lowest BCUT2D eigenvalue weighted by molar-refractivity contribution is -0.332. The second kappa shape index (κ2) is 37.0. The van der Waals surface area contributed by atoms with E-state index in [4.69, 9.17) is 28.4 Å². The van der Waals surface area contributed by atoms with Gasteiger partial charge in [-0.1, -0.05) is 128 Å². The summed E-state index contributed by atoms with van der Waals surface area (Å²) < 4.78 is 33.5. The standard InChI is InChI=1S/C49H88O15/c1-3-5-7-9-11-13-15-17-18-20-21-23-25-27-29-31-40(51)59-34-37(62-41(52)32-30-28-26-24-22-19-16-14-12-10-8-6-4-2)35-60-48-47(58)45(56)43(54)39(64-48)36-61-49-46(57)44(55)42(53)38(33-50)63-49/h14,16,20-21,37-39,42-50,53-58H,3-13,15,17-19,22-36H2,1-2H3/b16-14+,21-20+/t37-,38-,39-,42+,43+,44?,45?,46?,47?,48-,49-/m1/s1. The molecule has 2 heterocycles. The molecular weight excluding hydrogens is 829 g/mol. The SMILES string of the molecule is CCCCCC/C=C/CCCCCCCC(=O)O[C@H](COC(=O)CCCCC/C=C/CCCCCCCCCC)CO[C@@H]1O[C@H](CO[C@@H]2O[C@H](CO)[C@H](O)C(O)C2O)[C@H](O)C(O)C1O.